The second-order valence-electron chi connectivity index (χ2n) is 5.63. The van der Waals surface area contributed by atoms with Crippen LogP contribution in [0.1, 0.15) is 44.6 Å². The normalized spacial score (nSPS) is 25.9. The molecule has 0 saturated heterocycles. The average Bonchev–Trinajstić information content (AvgIpc) is 2.41. The van der Waals surface area contributed by atoms with Gasteiger partial charge >= 0.3 is 0 Å². The van der Waals surface area contributed by atoms with Gasteiger partial charge in [0.1, 0.15) is 5.75 Å². The first-order valence-electron chi connectivity index (χ1n) is 7.15. The van der Waals surface area contributed by atoms with Crippen LogP contribution in [0.5, 0.6) is 5.75 Å². The Hall–Kier alpha value is -1.02. The van der Waals surface area contributed by atoms with E-state index in [-0.39, 0.29) is 11.9 Å². The van der Waals surface area contributed by atoms with E-state index in [1.54, 1.807) is 12.1 Å². The first kappa shape index (κ1) is 13.4. The van der Waals surface area contributed by atoms with E-state index in [0.717, 1.165) is 24.3 Å². The molecule has 0 radical (unpaired) electrons. The number of aromatic hydroxyl groups is 1. The largest absolute Gasteiger partial charge is 0.508 e. The average molecular weight is 248 g/mol. The van der Waals surface area contributed by atoms with Crippen molar-refractivity contribution in [3.8, 4) is 5.75 Å². The van der Waals surface area contributed by atoms with Crippen LogP contribution in [0, 0.1) is 11.8 Å². The Kier molecular flexibility index (Phi) is 4.65. The minimum atomic E-state index is -0.229. The van der Waals surface area contributed by atoms with Crippen molar-refractivity contribution in [1.82, 2.24) is 0 Å². The first-order valence-corrected chi connectivity index (χ1v) is 7.15. The molecule has 18 heavy (non-hydrogen) atoms. The predicted molar refractivity (Wildman–Crippen MR) is 73.6 cm³/mol. The SMILES string of the molecule is CCC1CCC(C(O)Cc2ccc(O)cc2)CC1. The van der Waals surface area contributed by atoms with Gasteiger partial charge in [-0.2, -0.15) is 0 Å². The van der Waals surface area contributed by atoms with Gasteiger partial charge in [0.15, 0.2) is 0 Å². The number of phenols is 1. The summed E-state index contributed by atoms with van der Waals surface area (Å²) >= 11 is 0. The highest BCUT2D eigenvalue weighted by atomic mass is 16.3. The van der Waals surface area contributed by atoms with Crippen molar-refractivity contribution in [3.63, 3.8) is 0 Å². The lowest BCUT2D eigenvalue weighted by atomic mass is 9.77. The van der Waals surface area contributed by atoms with Crippen molar-refractivity contribution in [2.24, 2.45) is 11.8 Å². The fraction of sp³-hybridized carbons (Fsp3) is 0.625. The third kappa shape index (κ3) is 3.49. The molecule has 2 N–H and O–H groups in total. The van der Waals surface area contributed by atoms with Gasteiger partial charge in [0.25, 0.3) is 0 Å². The zero-order valence-corrected chi connectivity index (χ0v) is 11.2. The highest BCUT2D eigenvalue weighted by Crippen LogP contribution is 2.33. The van der Waals surface area contributed by atoms with Gasteiger partial charge in [0.2, 0.25) is 0 Å². The Labute approximate surface area is 110 Å². The Morgan fingerprint density at radius 3 is 2.28 bits per heavy atom. The summed E-state index contributed by atoms with van der Waals surface area (Å²) in [5.74, 6) is 1.63. The molecule has 1 aliphatic rings. The predicted octanol–water partition coefficient (Wildman–Crippen LogP) is 3.51. The summed E-state index contributed by atoms with van der Waals surface area (Å²) < 4.78 is 0. The Morgan fingerprint density at radius 2 is 1.72 bits per heavy atom. The molecule has 2 rings (SSSR count). The topological polar surface area (TPSA) is 40.5 Å². The van der Waals surface area contributed by atoms with Gasteiger partial charge in [-0.05, 0) is 48.8 Å². The van der Waals surface area contributed by atoms with Crippen molar-refractivity contribution in [2.45, 2.75) is 51.6 Å². The molecule has 1 aromatic carbocycles. The van der Waals surface area contributed by atoms with Crippen molar-refractivity contribution in [1.29, 1.82) is 0 Å². The van der Waals surface area contributed by atoms with E-state index in [2.05, 4.69) is 6.92 Å². The van der Waals surface area contributed by atoms with Crippen LogP contribution < -0.4 is 0 Å². The molecule has 2 nitrogen and oxygen atoms in total. The summed E-state index contributed by atoms with van der Waals surface area (Å²) in [7, 11) is 0. The summed E-state index contributed by atoms with van der Waals surface area (Å²) in [6.07, 6.45) is 6.63. The molecule has 1 unspecified atom stereocenters. The second kappa shape index (κ2) is 6.24. The fourth-order valence-electron chi connectivity index (χ4n) is 3.02. The smallest absolute Gasteiger partial charge is 0.115 e. The molecular formula is C16H24O2. The zero-order chi connectivity index (χ0) is 13.0. The minimum Gasteiger partial charge on any atom is -0.508 e. The van der Waals surface area contributed by atoms with Crippen LogP contribution in [0.15, 0.2) is 24.3 Å². The van der Waals surface area contributed by atoms with E-state index < -0.39 is 0 Å². The van der Waals surface area contributed by atoms with E-state index in [1.807, 2.05) is 12.1 Å². The molecule has 1 atom stereocenters. The van der Waals surface area contributed by atoms with Gasteiger partial charge in [-0.15, -0.1) is 0 Å². The highest BCUT2D eigenvalue weighted by Gasteiger charge is 2.25. The molecule has 0 amide bonds. The summed E-state index contributed by atoms with van der Waals surface area (Å²) in [6, 6.07) is 7.18. The Bertz CT molecular complexity index is 350. The molecule has 0 aromatic heterocycles. The molecule has 0 aliphatic heterocycles. The number of rotatable bonds is 4. The van der Waals surface area contributed by atoms with Gasteiger partial charge in [-0.25, -0.2) is 0 Å². The zero-order valence-electron chi connectivity index (χ0n) is 11.2. The van der Waals surface area contributed by atoms with E-state index in [9.17, 15) is 10.2 Å². The maximum Gasteiger partial charge on any atom is 0.115 e. The standard InChI is InChI=1S/C16H24O2/c1-2-12-3-7-14(8-4-12)16(18)11-13-5-9-15(17)10-6-13/h5-6,9-10,12,14,16-18H,2-4,7-8,11H2,1H3. The lowest BCUT2D eigenvalue weighted by molar-refractivity contribution is 0.0735. The molecule has 0 heterocycles. The van der Waals surface area contributed by atoms with Crippen LogP contribution in [0.2, 0.25) is 0 Å². The highest BCUT2D eigenvalue weighted by molar-refractivity contribution is 5.26. The van der Waals surface area contributed by atoms with Crippen LogP contribution in [-0.4, -0.2) is 16.3 Å². The van der Waals surface area contributed by atoms with Crippen LogP contribution in [0.4, 0.5) is 0 Å². The number of aliphatic hydroxyl groups excluding tert-OH is 1. The molecular weight excluding hydrogens is 224 g/mol. The molecule has 2 heteroatoms. The quantitative estimate of drug-likeness (QED) is 0.856. The molecule has 1 aromatic rings. The van der Waals surface area contributed by atoms with Crippen molar-refractivity contribution < 1.29 is 10.2 Å². The molecule has 1 aliphatic carbocycles. The lowest BCUT2D eigenvalue weighted by Crippen LogP contribution is -2.27. The third-order valence-electron chi connectivity index (χ3n) is 4.39. The van der Waals surface area contributed by atoms with Gasteiger partial charge in [-0.3, -0.25) is 0 Å². The summed E-state index contributed by atoms with van der Waals surface area (Å²) in [5, 5.41) is 19.5. The Balaban J connectivity index is 1.85. The second-order valence-corrected chi connectivity index (χ2v) is 5.63. The lowest BCUT2D eigenvalue weighted by Gasteiger charge is -2.31. The number of benzene rings is 1. The van der Waals surface area contributed by atoms with Crippen LogP contribution in [0.3, 0.4) is 0 Å². The van der Waals surface area contributed by atoms with Crippen molar-refractivity contribution in [3.05, 3.63) is 29.8 Å². The number of hydrogen-bond acceptors (Lipinski definition) is 2. The molecule has 0 spiro atoms. The summed E-state index contributed by atoms with van der Waals surface area (Å²) in [4.78, 5) is 0. The molecule has 1 saturated carbocycles. The van der Waals surface area contributed by atoms with Crippen molar-refractivity contribution in [2.75, 3.05) is 0 Å². The number of phenolic OH excluding ortho intramolecular Hbond substituents is 1. The monoisotopic (exact) mass is 248 g/mol. The number of hydrogen-bond donors (Lipinski definition) is 2. The van der Waals surface area contributed by atoms with Gasteiger partial charge in [0, 0.05) is 0 Å². The summed E-state index contributed by atoms with van der Waals surface area (Å²) in [6.45, 7) is 2.26. The van der Waals surface area contributed by atoms with Crippen LogP contribution >= 0.6 is 0 Å². The van der Waals surface area contributed by atoms with E-state index in [4.69, 9.17) is 0 Å². The maximum absolute atomic E-state index is 10.3. The van der Waals surface area contributed by atoms with Gasteiger partial charge < -0.3 is 10.2 Å². The fourth-order valence-corrected chi connectivity index (χ4v) is 3.02. The minimum absolute atomic E-state index is 0.229. The van der Waals surface area contributed by atoms with E-state index in [1.165, 1.54) is 19.3 Å². The van der Waals surface area contributed by atoms with Crippen molar-refractivity contribution >= 4 is 0 Å². The van der Waals surface area contributed by atoms with E-state index in [0.29, 0.717) is 12.3 Å². The van der Waals surface area contributed by atoms with Gasteiger partial charge in [0.05, 0.1) is 6.10 Å². The molecule has 0 bridgehead atoms. The number of aliphatic hydroxyl groups is 1. The van der Waals surface area contributed by atoms with E-state index >= 15 is 0 Å². The van der Waals surface area contributed by atoms with Crippen LogP contribution in [0.25, 0.3) is 0 Å². The maximum atomic E-state index is 10.3. The van der Waals surface area contributed by atoms with Crippen LogP contribution in [-0.2, 0) is 6.42 Å². The summed E-state index contributed by atoms with van der Waals surface area (Å²) in [5.41, 5.74) is 1.11. The molecule has 100 valence electrons. The van der Waals surface area contributed by atoms with Gasteiger partial charge in [-0.1, -0.05) is 38.3 Å². The Morgan fingerprint density at radius 1 is 1.11 bits per heavy atom. The molecule has 1 fully saturated rings. The third-order valence-corrected chi connectivity index (χ3v) is 4.39. The first-order chi connectivity index (χ1) is 8.69.